The maximum Gasteiger partial charge on any atom is 0.416 e. The highest BCUT2D eigenvalue weighted by Crippen LogP contribution is 2.31. The molecule has 0 saturated heterocycles. The highest BCUT2D eigenvalue weighted by atomic mass is 32.2. The molecule has 4 aromatic rings. The molecule has 0 spiro atoms. The monoisotopic (exact) mass is 499 g/mol. The molecule has 1 N–H and O–H groups in total. The Hall–Kier alpha value is -3.86. The minimum absolute atomic E-state index is 0.0246. The van der Waals surface area contributed by atoms with Crippen molar-refractivity contribution in [2.45, 2.75) is 18.3 Å². The summed E-state index contributed by atoms with van der Waals surface area (Å²) in [5.41, 5.74) is 1.00. The molecule has 0 unspecified atom stereocenters. The first-order chi connectivity index (χ1) is 16.8. The molecule has 2 aromatic carbocycles. The van der Waals surface area contributed by atoms with Crippen molar-refractivity contribution in [1.29, 1.82) is 0 Å². The molecule has 180 valence electrons. The minimum Gasteiger partial charge on any atom is -0.494 e. The average Bonchev–Trinajstić information content (AvgIpc) is 3.28. The van der Waals surface area contributed by atoms with Crippen molar-refractivity contribution in [3.05, 3.63) is 78.6 Å². The van der Waals surface area contributed by atoms with Gasteiger partial charge < -0.3 is 10.1 Å². The molecule has 0 aliphatic rings. The van der Waals surface area contributed by atoms with E-state index in [1.807, 2.05) is 41.8 Å². The molecule has 2 aromatic heterocycles. The van der Waals surface area contributed by atoms with Gasteiger partial charge in [-0.05, 0) is 67.6 Å². The average molecular weight is 500 g/mol. The summed E-state index contributed by atoms with van der Waals surface area (Å²) in [5, 5.41) is 11.6. The standard InChI is InChI=1S/C24H20F3N5O2S/c1-2-34-20-11-9-19(10-12-20)32-22(16-4-3-13-28-14-16)30-31-23(32)35-15-21(33)29-18-7-5-17(6-8-18)24(25,26)27/h3-14H,2,15H2,1H3,(H,29,33). The van der Waals surface area contributed by atoms with Crippen LogP contribution in [0, 0.1) is 0 Å². The number of benzene rings is 2. The SMILES string of the molecule is CCOc1ccc(-n2c(SCC(=O)Nc3ccc(C(F)(F)F)cc3)nnc2-c2cccnc2)cc1. The molecule has 0 bridgehead atoms. The van der Waals surface area contributed by atoms with E-state index >= 15 is 0 Å². The predicted octanol–water partition coefficient (Wildman–Crippen LogP) is 5.48. The van der Waals surface area contributed by atoms with Gasteiger partial charge in [0, 0.05) is 29.3 Å². The number of carbonyl (C=O) groups excluding carboxylic acids is 1. The number of nitrogens with zero attached hydrogens (tertiary/aromatic N) is 4. The summed E-state index contributed by atoms with van der Waals surface area (Å²) >= 11 is 1.15. The lowest BCUT2D eigenvalue weighted by Gasteiger charge is -2.12. The fraction of sp³-hybridized carbons (Fsp3) is 0.167. The van der Waals surface area contributed by atoms with Crippen LogP contribution < -0.4 is 10.1 Å². The van der Waals surface area contributed by atoms with E-state index in [0.717, 1.165) is 40.9 Å². The van der Waals surface area contributed by atoms with Crippen molar-refractivity contribution < 1.29 is 22.7 Å². The number of rotatable bonds is 8. The Morgan fingerprint density at radius 1 is 1.06 bits per heavy atom. The van der Waals surface area contributed by atoms with Crippen molar-refractivity contribution in [2.75, 3.05) is 17.7 Å². The van der Waals surface area contributed by atoms with E-state index in [2.05, 4.69) is 20.5 Å². The third kappa shape index (κ3) is 5.99. The van der Waals surface area contributed by atoms with Crippen LogP contribution in [0.15, 0.2) is 78.2 Å². The topological polar surface area (TPSA) is 81.9 Å². The Bertz CT molecular complexity index is 1280. The Kier molecular flexibility index (Phi) is 7.35. The normalized spacial score (nSPS) is 11.3. The molecular weight excluding hydrogens is 479 g/mol. The van der Waals surface area contributed by atoms with Gasteiger partial charge in [0.15, 0.2) is 11.0 Å². The number of hydrogen-bond donors (Lipinski definition) is 1. The second-order valence-electron chi connectivity index (χ2n) is 7.22. The highest BCUT2D eigenvalue weighted by molar-refractivity contribution is 7.99. The van der Waals surface area contributed by atoms with Gasteiger partial charge in [-0.15, -0.1) is 10.2 Å². The van der Waals surface area contributed by atoms with Crippen molar-refractivity contribution >= 4 is 23.4 Å². The summed E-state index contributed by atoms with van der Waals surface area (Å²) < 4.78 is 45.5. The quantitative estimate of drug-likeness (QED) is 0.324. The highest BCUT2D eigenvalue weighted by Gasteiger charge is 2.30. The van der Waals surface area contributed by atoms with E-state index in [1.54, 1.807) is 18.5 Å². The summed E-state index contributed by atoms with van der Waals surface area (Å²) in [5.74, 6) is 0.854. The molecule has 2 heterocycles. The van der Waals surface area contributed by atoms with Crippen LogP contribution in [0.1, 0.15) is 12.5 Å². The molecule has 0 radical (unpaired) electrons. The summed E-state index contributed by atoms with van der Waals surface area (Å²) in [4.78, 5) is 16.6. The van der Waals surface area contributed by atoms with Crippen LogP contribution in [0.25, 0.3) is 17.1 Å². The van der Waals surface area contributed by atoms with Crippen LogP contribution in [0.4, 0.5) is 18.9 Å². The van der Waals surface area contributed by atoms with Crippen LogP contribution >= 0.6 is 11.8 Å². The van der Waals surface area contributed by atoms with E-state index < -0.39 is 11.7 Å². The molecule has 0 aliphatic heterocycles. The van der Waals surface area contributed by atoms with E-state index in [9.17, 15) is 18.0 Å². The second-order valence-corrected chi connectivity index (χ2v) is 8.16. The number of aromatic nitrogens is 4. The second kappa shape index (κ2) is 10.6. The Morgan fingerprint density at radius 2 is 1.80 bits per heavy atom. The smallest absolute Gasteiger partial charge is 0.416 e. The number of halogens is 3. The van der Waals surface area contributed by atoms with Gasteiger partial charge in [-0.2, -0.15) is 13.2 Å². The lowest BCUT2D eigenvalue weighted by atomic mass is 10.2. The minimum atomic E-state index is -4.44. The third-order valence-corrected chi connectivity index (χ3v) is 5.72. The molecule has 35 heavy (non-hydrogen) atoms. The molecule has 4 rings (SSSR count). The molecule has 0 atom stereocenters. The number of nitrogens with one attached hydrogen (secondary N) is 1. The number of anilines is 1. The van der Waals surface area contributed by atoms with Gasteiger partial charge in [0.2, 0.25) is 5.91 Å². The van der Waals surface area contributed by atoms with Gasteiger partial charge >= 0.3 is 6.18 Å². The first kappa shape index (κ1) is 24.3. The van der Waals surface area contributed by atoms with E-state index in [1.165, 1.54) is 12.1 Å². The van der Waals surface area contributed by atoms with Crippen LogP contribution in [0.5, 0.6) is 5.75 Å². The fourth-order valence-corrected chi connectivity index (χ4v) is 3.96. The van der Waals surface area contributed by atoms with Gasteiger partial charge in [-0.1, -0.05) is 11.8 Å². The fourth-order valence-electron chi connectivity index (χ4n) is 3.21. The van der Waals surface area contributed by atoms with Gasteiger partial charge in [0.25, 0.3) is 0 Å². The summed E-state index contributed by atoms with van der Waals surface area (Å²) in [6.07, 6.45) is -1.11. The van der Waals surface area contributed by atoms with Crippen molar-refractivity contribution in [3.8, 4) is 22.8 Å². The maximum atomic E-state index is 12.7. The lowest BCUT2D eigenvalue weighted by molar-refractivity contribution is -0.137. The first-order valence-corrected chi connectivity index (χ1v) is 11.5. The first-order valence-electron chi connectivity index (χ1n) is 10.5. The molecule has 7 nitrogen and oxygen atoms in total. The molecule has 0 aliphatic carbocycles. The van der Waals surface area contributed by atoms with Gasteiger partial charge in [0.1, 0.15) is 5.75 Å². The number of ether oxygens (including phenoxy) is 1. The maximum absolute atomic E-state index is 12.7. The van der Waals surface area contributed by atoms with E-state index in [4.69, 9.17) is 4.74 Å². The molecule has 1 amide bonds. The predicted molar refractivity (Wildman–Crippen MR) is 127 cm³/mol. The van der Waals surface area contributed by atoms with Gasteiger partial charge in [-0.25, -0.2) is 0 Å². The summed E-state index contributed by atoms with van der Waals surface area (Å²) in [7, 11) is 0. The van der Waals surface area contributed by atoms with Gasteiger partial charge in [0.05, 0.1) is 17.9 Å². The zero-order chi connectivity index (χ0) is 24.8. The van der Waals surface area contributed by atoms with Crippen LogP contribution in [-0.4, -0.2) is 38.0 Å². The van der Waals surface area contributed by atoms with Crippen molar-refractivity contribution in [2.24, 2.45) is 0 Å². The number of pyridine rings is 1. The number of carbonyl (C=O) groups is 1. The van der Waals surface area contributed by atoms with Crippen LogP contribution in [-0.2, 0) is 11.0 Å². The lowest BCUT2D eigenvalue weighted by Crippen LogP contribution is -2.15. The summed E-state index contributed by atoms with van der Waals surface area (Å²) in [6, 6.07) is 15.3. The zero-order valence-electron chi connectivity index (χ0n) is 18.5. The van der Waals surface area contributed by atoms with E-state index in [0.29, 0.717) is 17.6 Å². The molecule has 11 heteroatoms. The van der Waals surface area contributed by atoms with Crippen LogP contribution in [0.3, 0.4) is 0 Å². The summed E-state index contributed by atoms with van der Waals surface area (Å²) in [6.45, 7) is 2.45. The molecule has 0 saturated carbocycles. The van der Waals surface area contributed by atoms with Gasteiger partial charge in [-0.3, -0.25) is 14.3 Å². The number of thioether (sulfide) groups is 1. The van der Waals surface area contributed by atoms with Crippen molar-refractivity contribution in [1.82, 2.24) is 19.7 Å². The largest absolute Gasteiger partial charge is 0.494 e. The Morgan fingerprint density at radius 3 is 2.43 bits per heavy atom. The third-order valence-electron chi connectivity index (χ3n) is 4.79. The number of alkyl halides is 3. The Labute approximate surface area is 203 Å². The number of amides is 1. The molecular formula is C24H20F3N5O2S. The number of hydrogen-bond acceptors (Lipinski definition) is 6. The van der Waals surface area contributed by atoms with E-state index in [-0.39, 0.29) is 17.3 Å². The Balaban J connectivity index is 1.53. The van der Waals surface area contributed by atoms with Crippen LogP contribution in [0.2, 0.25) is 0 Å². The molecule has 0 fully saturated rings. The zero-order valence-corrected chi connectivity index (χ0v) is 19.3. The van der Waals surface area contributed by atoms with Crippen molar-refractivity contribution in [3.63, 3.8) is 0 Å².